The Kier molecular flexibility index (Phi) is 4.30. The van der Waals surface area contributed by atoms with Gasteiger partial charge in [0.05, 0.1) is 0 Å². The van der Waals surface area contributed by atoms with E-state index in [9.17, 15) is 9.59 Å². The largest absolute Gasteiger partial charge is 0.457 e. The number of ether oxygens (including phenoxy) is 1. The molecule has 2 bridgehead atoms. The number of fused-ring (bicyclic) bond motifs is 2. The van der Waals surface area contributed by atoms with Crippen molar-refractivity contribution in [3.63, 3.8) is 0 Å². The van der Waals surface area contributed by atoms with Crippen LogP contribution < -0.4 is 5.56 Å². The van der Waals surface area contributed by atoms with Gasteiger partial charge in [-0.15, -0.1) is 0 Å². The predicted octanol–water partition coefficient (Wildman–Crippen LogP) is 3.42. The van der Waals surface area contributed by atoms with E-state index in [4.69, 9.17) is 4.74 Å². The molecule has 0 spiro atoms. The number of carbonyl (C=O) groups is 1. The molecule has 24 heavy (non-hydrogen) atoms. The van der Waals surface area contributed by atoms with Gasteiger partial charge in [-0.3, -0.25) is 4.79 Å². The fourth-order valence-electron chi connectivity index (χ4n) is 4.52. The van der Waals surface area contributed by atoms with Crippen LogP contribution in [0.25, 0.3) is 0 Å². The first kappa shape index (κ1) is 17.2. The van der Waals surface area contributed by atoms with Gasteiger partial charge in [0, 0.05) is 18.0 Å². The number of unbranched alkanes of at least 4 members (excludes halogenated alkanes) is 1. The maximum atomic E-state index is 12.6. The lowest BCUT2D eigenvalue weighted by Gasteiger charge is -2.38. The van der Waals surface area contributed by atoms with Gasteiger partial charge in [0.15, 0.2) is 5.69 Å². The second-order valence-corrected chi connectivity index (χ2v) is 8.14. The van der Waals surface area contributed by atoms with Crippen molar-refractivity contribution in [1.29, 1.82) is 0 Å². The molecule has 0 unspecified atom stereocenters. The topological polar surface area (TPSA) is 61.2 Å². The van der Waals surface area contributed by atoms with Crippen LogP contribution in [-0.4, -0.2) is 21.9 Å². The predicted molar refractivity (Wildman–Crippen MR) is 91.8 cm³/mol. The first-order valence-corrected chi connectivity index (χ1v) is 9.08. The van der Waals surface area contributed by atoms with E-state index in [0.717, 1.165) is 25.7 Å². The van der Waals surface area contributed by atoms with E-state index in [2.05, 4.69) is 32.8 Å². The number of hydrogen-bond acceptors (Lipinski definition) is 4. The fourth-order valence-corrected chi connectivity index (χ4v) is 4.52. The maximum absolute atomic E-state index is 12.6. The third-order valence-corrected chi connectivity index (χ3v) is 6.76. The molecule has 1 aromatic rings. The number of hydrogen-bond donors (Lipinski definition) is 0. The van der Waals surface area contributed by atoms with E-state index in [1.807, 2.05) is 0 Å². The minimum atomic E-state index is -0.408. The van der Waals surface area contributed by atoms with Gasteiger partial charge in [-0.2, -0.15) is 5.10 Å². The van der Waals surface area contributed by atoms with Crippen molar-refractivity contribution in [1.82, 2.24) is 9.78 Å². The number of nitrogens with zero attached hydrogens (tertiary/aromatic N) is 2. The van der Waals surface area contributed by atoms with Crippen LogP contribution in [0.15, 0.2) is 16.9 Å². The Labute approximate surface area is 143 Å². The summed E-state index contributed by atoms with van der Waals surface area (Å²) in [5.74, 6) is 0.210. The summed E-state index contributed by atoms with van der Waals surface area (Å²) in [4.78, 5) is 24.4. The van der Waals surface area contributed by atoms with Crippen molar-refractivity contribution in [2.24, 2.45) is 16.7 Å². The lowest BCUT2D eigenvalue weighted by Crippen LogP contribution is -2.38. The number of esters is 1. The summed E-state index contributed by atoms with van der Waals surface area (Å²) < 4.78 is 7.22. The van der Waals surface area contributed by atoms with Crippen LogP contribution in [0.3, 0.4) is 0 Å². The van der Waals surface area contributed by atoms with Gasteiger partial charge < -0.3 is 4.74 Å². The Bertz CT molecular complexity index is 694. The summed E-state index contributed by atoms with van der Waals surface area (Å²) in [5, 5.41) is 4.20. The molecule has 0 N–H and O–H groups in total. The zero-order valence-electron chi connectivity index (χ0n) is 15.2. The van der Waals surface area contributed by atoms with E-state index >= 15 is 0 Å². The quantitative estimate of drug-likeness (QED) is 0.775. The van der Waals surface area contributed by atoms with Gasteiger partial charge in [-0.1, -0.05) is 34.1 Å². The van der Waals surface area contributed by atoms with Crippen LogP contribution in [-0.2, 0) is 11.3 Å². The van der Waals surface area contributed by atoms with Gasteiger partial charge >= 0.3 is 5.97 Å². The molecule has 2 fully saturated rings. The first-order chi connectivity index (χ1) is 11.3. The summed E-state index contributed by atoms with van der Waals surface area (Å²) in [6.07, 6.45) is 5.03. The minimum absolute atomic E-state index is 0.0317. The summed E-state index contributed by atoms with van der Waals surface area (Å²) in [6, 6.07) is 2.89. The molecular weight excluding hydrogens is 304 g/mol. The number of carbonyl (C=O) groups excluding carboxylic acids is 1. The Balaban J connectivity index is 1.76. The molecule has 0 aromatic carbocycles. The van der Waals surface area contributed by atoms with Crippen LogP contribution in [0.2, 0.25) is 0 Å². The average molecular weight is 332 g/mol. The number of aromatic nitrogens is 2. The van der Waals surface area contributed by atoms with Gasteiger partial charge in [0.25, 0.3) is 5.56 Å². The van der Waals surface area contributed by atoms with Crippen molar-refractivity contribution >= 4 is 5.97 Å². The first-order valence-electron chi connectivity index (χ1n) is 9.08. The molecule has 2 saturated carbocycles. The Hall–Kier alpha value is -1.65. The third kappa shape index (κ3) is 2.58. The summed E-state index contributed by atoms with van der Waals surface area (Å²) in [6.45, 7) is 9.42. The van der Waals surface area contributed by atoms with E-state index in [-0.39, 0.29) is 28.2 Å². The normalized spacial score (nSPS) is 30.5. The van der Waals surface area contributed by atoms with Crippen molar-refractivity contribution in [3.8, 4) is 0 Å². The maximum Gasteiger partial charge on any atom is 0.359 e. The Morgan fingerprint density at radius 3 is 2.71 bits per heavy atom. The van der Waals surface area contributed by atoms with E-state index in [0.29, 0.717) is 12.5 Å². The summed E-state index contributed by atoms with van der Waals surface area (Å²) >= 11 is 0. The van der Waals surface area contributed by atoms with Crippen LogP contribution in [0.4, 0.5) is 0 Å². The molecule has 2 aliphatic rings. The Morgan fingerprint density at radius 2 is 2.12 bits per heavy atom. The van der Waals surface area contributed by atoms with Crippen LogP contribution in [0.1, 0.15) is 70.3 Å². The molecule has 5 heteroatoms. The van der Waals surface area contributed by atoms with Crippen molar-refractivity contribution in [2.45, 2.75) is 72.4 Å². The van der Waals surface area contributed by atoms with Gasteiger partial charge in [-0.05, 0) is 43.1 Å². The molecular formula is C19H28N2O3. The van der Waals surface area contributed by atoms with Crippen molar-refractivity contribution in [3.05, 3.63) is 28.2 Å². The molecule has 3 atom stereocenters. The molecule has 0 saturated heterocycles. The molecule has 0 amide bonds. The van der Waals surface area contributed by atoms with Crippen LogP contribution in [0, 0.1) is 16.7 Å². The highest BCUT2D eigenvalue weighted by Crippen LogP contribution is 2.66. The van der Waals surface area contributed by atoms with Crippen molar-refractivity contribution in [2.75, 3.05) is 0 Å². The SMILES string of the molecule is CCCCn1nc(C(=O)O[C@H]2C[C@H]3CC[C@@]2(C)C3(C)C)ccc1=O. The smallest absolute Gasteiger partial charge is 0.359 e. The number of aryl methyl sites for hydroxylation is 1. The molecule has 1 heterocycles. The number of rotatable bonds is 5. The fraction of sp³-hybridized carbons (Fsp3) is 0.737. The van der Waals surface area contributed by atoms with Gasteiger partial charge in [0.2, 0.25) is 0 Å². The summed E-state index contributed by atoms with van der Waals surface area (Å²) in [7, 11) is 0. The van der Waals surface area contributed by atoms with Gasteiger partial charge in [-0.25, -0.2) is 9.48 Å². The van der Waals surface area contributed by atoms with Crippen LogP contribution >= 0.6 is 0 Å². The van der Waals surface area contributed by atoms with Crippen molar-refractivity contribution < 1.29 is 9.53 Å². The average Bonchev–Trinajstić information content (AvgIpc) is 2.87. The second-order valence-electron chi connectivity index (χ2n) is 8.14. The minimum Gasteiger partial charge on any atom is -0.457 e. The molecule has 2 aliphatic carbocycles. The van der Waals surface area contributed by atoms with Crippen LogP contribution in [0.5, 0.6) is 0 Å². The zero-order chi connectivity index (χ0) is 17.5. The van der Waals surface area contributed by atoms with E-state index < -0.39 is 5.97 Å². The monoisotopic (exact) mass is 332 g/mol. The molecule has 132 valence electrons. The van der Waals surface area contributed by atoms with E-state index in [1.54, 1.807) is 0 Å². The lowest BCUT2D eigenvalue weighted by molar-refractivity contribution is -0.0249. The van der Waals surface area contributed by atoms with Gasteiger partial charge in [0.1, 0.15) is 6.10 Å². The second kappa shape index (κ2) is 6.01. The molecule has 0 aliphatic heterocycles. The molecule has 5 nitrogen and oxygen atoms in total. The molecule has 1 aromatic heterocycles. The standard InChI is InChI=1S/C19H28N2O3/c1-5-6-11-21-16(22)8-7-14(20-21)17(23)24-15-12-13-9-10-19(15,4)18(13,2)3/h7-8,13,15H,5-6,9-12H2,1-4H3/t13-,15+,19-/m1/s1. The highest BCUT2D eigenvalue weighted by atomic mass is 16.5. The Morgan fingerprint density at radius 1 is 1.38 bits per heavy atom. The van der Waals surface area contributed by atoms with E-state index in [1.165, 1.54) is 23.2 Å². The lowest BCUT2D eigenvalue weighted by atomic mass is 9.70. The highest BCUT2D eigenvalue weighted by Gasteiger charge is 2.62. The third-order valence-electron chi connectivity index (χ3n) is 6.76. The molecule has 0 radical (unpaired) electrons. The molecule has 3 rings (SSSR count). The summed E-state index contributed by atoms with van der Waals surface area (Å²) in [5.41, 5.74) is 0.290. The zero-order valence-corrected chi connectivity index (χ0v) is 15.2. The highest BCUT2D eigenvalue weighted by molar-refractivity contribution is 5.87.